The van der Waals surface area contributed by atoms with Crippen molar-refractivity contribution >= 4 is 0 Å². The maximum Gasteiger partial charge on any atom is 0.123 e. The molecular weight excluding hydrogens is 293 g/mol. The van der Waals surface area contributed by atoms with Crippen LogP contribution in [-0.4, -0.2) is 42.7 Å². The number of pyridine rings is 1. The smallest absolute Gasteiger partial charge is 0.123 e. The normalized spacial score (nSPS) is 17.1. The molecule has 1 N–H and O–H groups in total. The number of rotatable bonds is 6. The van der Waals surface area contributed by atoms with E-state index in [-0.39, 0.29) is 11.9 Å². The number of benzene rings is 1. The van der Waals surface area contributed by atoms with Crippen molar-refractivity contribution < 1.29 is 9.13 Å². The number of nitrogens with zero attached hydrogens (tertiary/aromatic N) is 2. The van der Waals surface area contributed by atoms with Crippen molar-refractivity contribution in [3.63, 3.8) is 0 Å². The molecule has 0 spiro atoms. The molecule has 1 aliphatic heterocycles. The molecule has 0 saturated carbocycles. The van der Waals surface area contributed by atoms with E-state index >= 15 is 0 Å². The predicted octanol–water partition coefficient (Wildman–Crippen LogP) is 2.38. The Balaban J connectivity index is 1.67. The van der Waals surface area contributed by atoms with E-state index < -0.39 is 0 Å². The molecule has 1 aromatic heterocycles. The summed E-state index contributed by atoms with van der Waals surface area (Å²) >= 11 is 0. The summed E-state index contributed by atoms with van der Waals surface area (Å²) in [5.41, 5.74) is 2.20. The first kappa shape index (κ1) is 16.1. The molecule has 1 saturated heterocycles. The molecule has 2 heterocycles. The van der Waals surface area contributed by atoms with Crippen LogP contribution in [0.3, 0.4) is 0 Å². The molecule has 1 fully saturated rings. The minimum Gasteiger partial charge on any atom is -0.379 e. The van der Waals surface area contributed by atoms with Gasteiger partial charge in [0.25, 0.3) is 0 Å². The molecule has 5 heteroatoms. The molecular formula is C18H22FN3O. The van der Waals surface area contributed by atoms with E-state index in [0.29, 0.717) is 0 Å². The van der Waals surface area contributed by atoms with E-state index in [2.05, 4.69) is 15.2 Å². The third kappa shape index (κ3) is 4.58. The fourth-order valence-electron chi connectivity index (χ4n) is 2.91. The highest BCUT2D eigenvalue weighted by Gasteiger charge is 2.22. The summed E-state index contributed by atoms with van der Waals surface area (Å²) in [4.78, 5) is 6.39. The first-order valence-electron chi connectivity index (χ1n) is 8.00. The fourth-order valence-corrected chi connectivity index (χ4v) is 2.91. The van der Waals surface area contributed by atoms with Crippen molar-refractivity contribution in [3.8, 4) is 0 Å². The van der Waals surface area contributed by atoms with Crippen LogP contribution in [0.15, 0.2) is 48.8 Å². The number of ether oxygens (including phenoxy) is 1. The third-order valence-corrected chi connectivity index (χ3v) is 4.14. The summed E-state index contributed by atoms with van der Waals surface area (Å²) < 4.78 is 19.1. The highest BCUT2D eigenvalue weighted by Crippen LogP contribution is 2.22. The Labute approximate surface area is 136 Å². The van der Waals surface area contributed by atoms with E-state index in [9.17, 15) is 4.39 Å². The van der Waals surface area contributed by atoms with Gasteiger partial charge in [0, 0.05) is 44.6 Å². The van der Waals surface area contributed by atoms with Crippen LogP contribution < -0.4 is 5.32 Å². The van der Waals surface area contributed by atoms with Crippen molar-refractivity contribution in [2.45, 2.75) is 12.6 Å². The Bertz CT molecular complexity index is 602. The Kier molecular flexibility index (Phi) is 5.69. The highest BCUT2D eigenvalue weighted by atomic mass is 19.1. The van der Waals surface area contributed by atoms with Crippen molar-refractivity contribution in [3.05, 3.63) is 65.7 Å². The molecule has 1 atom stereocenters. The van der Waals surface area contributed by atoms with Gasteiger partial charge in [-0.3, -0.25) is 9.88 Å². The molecule has 4 nitrogen and oxygen atoms in total. The van der Waals surface area contributed by atoms with Crippen LogP contribution in [0.4, 0.5) is 4.39 Å². The second-order valence-electron chi connectivity index (χ2n) is 5.71. The van der Waals surface area contributed by atoms with Gasteiger partial charge in [-0.1, -0.05) is 12.1 Å². The SMILES string of the molecule is Fc1cccc(C(CNCc2ccncc2)N2CCOCC2)c1. The zero-order valence-electron chi connectivity index (χ0n) is 13.1. The van der Waals surface area contributed by atoms with Gasteiger partial charge in [-0.2, -0.15) is 0 Å². The lowest BCUT2D eigenvalue weighted by Crippen LogP contribution is -2.42. The maximum absolute atomic E-state index is 13.6. The average molecular weight is 315 g/mol. The summed E-state index contributed by atoms with van der Waals surface area (Å²) in [6, 6.07) is 11.0. The molecule has 0 aliphatic carbocycles. The van der Waals surface area contributed by atoms with Gasteiger partial charge in [-0.15, -0.1) is 0 Å². The van der Waals surface area contributed by atoms with E-state index in [0.717, 1.165) is 45.0 Å². The van der Waals surface area contributed by atoms with E-state index in [4.69, 9.17) is 4.74 Å². The monoisotopic (exact) mass is 315 g/mol. The molecule has 0 radical (unpaired) electrons. The van der Waals surface area contributed by atoms with Crippen LogP contribution in [0.25, 0.3) is 0 Å². The third-order valence-electron chi connectivity index (χ3n) is 4.14. The summed E-state index contributed by atoms with van der Waals surface area (Å²) in [5, 5.41) is 3.48. The number of hydrogen-bond donors (Lipinski definition) is 1. The predicted molar refractivity (Wildman–Crippen MR) is 87.5 cm³/mol. The van der Waals surface area contributed by atoms with Crippen LogP contribution in [0.5, 0.6) is 0 Å². The Hall–Kier alpha value is -1.82. The topological polar surface area (TPSA) is 37.4 Å². The quantitative estimate of drug-likeness (QED) is 0.888. The average Bonchev–Trinajstić information content (AvgIpc) is 2.60. The number of aromatic nitrogens is 1. The van der Waals surface area contributed by atoms with Gasteiger partial charge in [0.05, 0.1) is 13.2 Å². The molecule has 1 aromatic carbocycles. The standard InChI is InChI=1S/C18H22FN3O/c19-17-3-1-2-16(12-17)18(22-8-10-23-11-9-22)14-21-13-15-4-6-20-7-5-15/h1-7,12,18,21H,8-11,13-14H2. The number of nitrogens with one attached hydrogen (secondary N) is 1. The van der Waals surface area contributed by atoms with E-state index in [1.54, 1.807) is 24.5 Å². The Morgan fingerprint density at radius 2 is 1.96 bits per heavy atom. The summed E-state index contributed by atoms with van der Waals surface area (Å²) in [6.07, 6.45) is 3.59. The van der Waals surface area contributed by atoms with Crippen molar-refractivity contribution in [1.82, 2.24) is 15.2 Å². The molecule has 2 aromatic rings. The molecule has 1 aliphatic rings. The van der Waals surface area contributed by atoms with Crippen LogP contribution in [0.2, 0.25) is 0 Å². The van der Waals surface area contributed by atoms with Crippen LogP contribution >= 0.6 is 0 Å². The van der Waals surface area contributed by atoms with Gasteiger partial charge in [0.1, 0.15) is 5.82 Å². The molecule has 23 heavy (non-hydrogen) atoms. The molecule has 0 amide bonds. The largest absolute Gasteiger partial charge is 0.379 e. The zero-order chi connectivity index (χ0) is 15.9. The van der Waals surface area contributed by atoms with Gasteiger partial charge >= 0.3 is 0 Å². The number of hydrogen-bond acceptors (Lipinski definition) is 4. The molecule has 122 valence electrons. The first-order chi connectivity index (χ1) is 11.3. The second kappa shape index (κ2) is 8.15. The molecule has 1 unspecified atom stereocenters. The summed E-state index contributed by atoms with van der Waals surface area (Å²) in [7, 11) is 0. The van der Waals surface area contributed by atoms with E-state index in [1.807, 2.05) is 18.2 Å². The van der Waals surface area contributed by atoms with Crippen molar-refractivity contribution in [2.24, 2.45) is 0 Å². The summed E-state index contributed by atoms with van der Waals surface area (Å²) in [6.45, 7) is 4.76. The van der Waals surface area contributed by atoms with Crippen LogP contribution in [-0.2, 0) is 11.3 Å². The fraction of sp³-hybridized carbons (Fsp3) is 0.389. The van der Waals surface area contributed by atoms with Gasteiger partial charge < -0.3 is 10.1 Å². The van der Waals surface area contributed by atoms with Gasteiger partial charge in [0.15, 0.2) is 0 Å². The van der Waals surface area contributed by atoms with Gasteiger partial charge in [-0.25, -0.2) is 4.39 Å². The second-order valence-corrected chi connectivity index (χ2v) is 5.71. The Morgan fingerprint density at radius 3 is 2.70 bits per heavy atom. The maximum atomic E-state index is 13.6. The lowest BCUT2D eigenvalue weighted by atomic mass is 10.0. The highest BCUT2D eigenvalue weighted by molar-refractivity contribution is 5.21. The van der Waals surface area contributed by atoms with Gasteiger partial charge in [-0.05, 0) is 35.4 Å². The molecule has 0 bridgehead atoms. The lowest BCUT2D eigenvalue weighted by molar-refractivity contribution is 0.0160. The van der Waals surface area contributed by atoms with E-state index in [1.165, 1.54) is 11.6 Å². The van der Waals surface area contributed by atoms with Crippen LogP contribution in [0.1, 0.15) is 17.2 Å². The van der Waals surface area contributed by atoms with Gasteiger partial charge in [0.2, 0.25) is 0 Å². The minimum absolute atomic E-state index is 0.149. The Morgan fingerprint density at radius 1 is 1.17 bits per heavy atom. The summed E-state index contributed by atoms with van der Waals surface area (Å²) in [5.74, 6) is -0.185. The minimum atomic E-state index is -0.185. The van der Waals surface area contributed by atoms with Crippen LogP contribution in [0, 0.1) is 5.82 Å². The lowest BCUT2D eigenvalue weighted by Gasteiger charge is -2.35. The molecule has 3 rings (SSSR count). The zero-order valence-corrected chi connectivity index (χ0v) is 13.1. The first-order valence-corrected chi connectivity index (χ1v) is 8.00. The number of morpholine rings is 1. The van der Waals surface area contributed by atoms with Crippen molar-refractivity contribution in [1.29, 1.82) is 0 Å². The van der Waals surface area contributed by atoms with Crippen molar-refractivity contribution in [2.75, 3.05) is 32.8 Å². The number of halogens is 1.